The van der Waals surface area contributed by atoms with Crippen LogP contribution in [0.2, 0.25) is 0 Å². The highest BCUT2D eigenvalue weighted by atomic mass is 16.6. The molecule has 3 aromatic carbocycles. The molecule has 6 nitrogen and oxygen atoms in total. The Morgan fingerprint density at radius 1 is 0.795 bits per heavy atom. The number of methoxy groups -OCH3 is 1. The van der Waals surface area contributed by atoms with Gasteiger partial charge in [-0.1, -0.05) is 107 Å². The number of Topliss-reactive ketones (excluding diaryl/α,β-unsaturated/α-hetero) is 1. The Kier molecular flexibility index (Phi) is 13.3. The first-order valence-electron chi connectivity index (χ1n) is 15.4. The fourth-order valence-electron chi connectivity index (χ4n) is 5.73. The fraction of sp³-hybridized carbons (Fsp3) is 0.447. The molecule has 6 heteroatoms. The third-order valence-corrected chi connectivity index (χ3v) is 8.32. The summed E-state index contributed by atoms with van der Waals surface area (Å²) in [6, 6.07) is 27.3. The molecule has 3 aromatic rings. The Morgan fingerprint density at radius 2 is 1.30 bits per heavy atom. The summed E-state index contributed by atoms with van der Waals surface area (Å²) in [4.78, 5) is 14.5. The van der Waals surface area contributed by atoms with E-state index in [1.165, 1.54) is 0 Å². The molecule has 0 radical (unpaired) electrons. The minimum atomic E-state index is -1.41. The van der Waals surface area contributed by atoms with E-state index in [1.54, 1.807) is 21.0 Å². The lowest BCUT2D eigenvalue weighted by molar-refractivity contribution is -0.175. The molecule has 0 saturated carbocycles. The van der Waals surface area contributed by atoms with E-state index >= 15 is 0 Å². The molecule has 44 heavy (non-hydrogen) atoms. The normalized spacial score (nSPS) is 16.4. The first-order valence-corrected chi connectivity index (χ1v) is 15.4. The zero-order valence-electron chi connectivity index (χ0n) is 27.4. The van der Waals surface area contributed by atoms with Crippen molar-refractivity contribution in [3.8, 4) is 5.75 Å². The Morgan fingerprint density at radius 3 is 1.80 bits per heavy atom. The van der Waals surface area contributed by atoms with E-state index in [2.05, 4.69) is 20.4 Å². The Hall–Kier alpha value is -3.29. The topological polar surface area (TPSA) is 74.2 Å². The average molecular weight is 603 g/mol. The van der Waals surface area contributed by atoms with Gasteiger partial charge in [0.05, 0.1) is 39.1 Å². The second kappa shape index (κ2) is 16.7. The van der Waals surface area contributed by atoms with Crippen molar-refractivity contribution >= 4 is 5.78 Å². The molecule has 0 amide bonds. The number of ketones is 1. The van der Waals surface area contributed by atoms with Gasteiger partial charge in [-0.3, -0.25) is 4.79 Å². The van der Waals surface area contributed by atoms with Crippen LogP contribution in [0.3, 0.4) is 0 Å². The fourth-order valence-corrected chi connectivity index (χ4v) is 5.73. The highest BCUT2D eigenvalue weighted by Crippen LogP contribution is 2.34. The zero-order chi connectivity index (χ0) is 32.3. The van der Waals surface area contributed by atoms with Crippen LogP contribution in [0, 0.1) is 17.8 Å². The second-order valence-corrected chi connectivity index (χ2v) is 12.3. The molecule has 0 aliphatic carbocycles. The standard InChI is InChI=1S/C38H50O6/c1-26(2)35(42-23-32-19-21-33(41-8)22-20-32)28(5)34(39)29(6)36(40)38(7,44-25-31-17-13-10-14-18-31)37(27(3)4)43-24-30-15-11-9-12-16-30/h9-22,26,28-29,34-35,37,39H,3,23-25H2,1-2,4-8H3/t28-,29-,34+,35-,37+,38+/m1/s1. The van der Waals surface area contributed by atoms with Crippen LogP contribution in [0.25, 0.3) is 0 Å². The quantitative estimate of drug-likeness (QED) is 0.151. The van der Waals surface area contributed by atoms with Gasteiger partial charge >= 0.3 is 0 Å². The van der Waals surface area contributed by atoms with E-state index < -0.39 is 23.7 Å². The zero-order valence-corrected chi connectivity index (χ0v) is 27.4. The van der Waals surface area contributed by atoms with Crippen molar-refractivity contribution in [2.45, 2.75) is 85.3 Å². The van der Waals surface area contributed by atoms with Crippen molar-refractivity contribution in [1.82, 2.24) is 0 Å². The molecule has 0 unspecified atom stereocenters. The molecule has 0 saturated heterocycles. The lowest BCUT2D eigenvalue weighted by atomic mass is 9.77. The van der Waals surface area contributed by atoms with Crippen molar-refractivity contribution in [2.75, 3.05) is 7.11 Å². The van der Waals surface area contributed by atoms with Gasteiger partial charge < -0.3 is 24.1 Å². The van der Waals surface area contributed by atoms with Crippen molar-refractivity contribution in [3.63, 3.8) is 0 Å². The Labute approximate surface area is 264 Å². The van der Waals surface area contributed by atoms with Crippen LogP contribution < -0.4 is 4.74 Å². The average Bonchev–Trinajstić information content (AvgIpc) is 3.03. The number of carbonyl (C=O) groups is 1. The maximum Gasteiger partial charge on any atom is 0.172 e. The highest BCUT2D eigenvalue weighted by Gasteiger charge is 2.48. The summed E-state index contributed by atoms with van der Waals surface area (Å²) >= 11 is 0. The van der Waals surface area contributed by atoms with Crippen molar-refractivity contribution in [1.29, 1.82) is 0 Å². The summed E-state index contributed by atoms with van der Waals surface area (Å²) in [5, 5.41) is 11.7. The lowest BCUT2D eigenvalue weighted by Gasteiger charge is -2.40. The van der Waals surface area contributed by atoms with Gasteiger partial charge in [0.15, 0.2) is 11.4 Å². The van der Waals surface area contributed by atoms with Crippen LogP contribution >= 0.6 is 0 Å². The summed E-state index contributed by atoms with van der Waals surface area (Å²) in [6.07, 6.45) is -2.01. The first kappa shape index (κ1) is 35.2. The Bertz CT molecular complexity index is 1290. The van der Waals surface area contributed by atoms with Crippen LogP contribution in [0.1, 0.15) is 58.2 Å². The van der Waals surface area contributed by atoms with Gasteiger partial charge in [-0.25, -0.2) is 0 Å². The predicted octanol–water partition coefficient (Wildman–Crippen LogP) is 7.58. The summed E-state index contributed by atoms with van der Waals surface area (Å²) < 4.78 is 24.5. The SMILES string of the molecule is C=C(C)[C@H](OCc1ccccc1)[C@@](C)(OCc1ccccc1)C(=O)[C@H](C)[C@@H](O)[C@@H](C)[C@H](OCc1ccc(OC)cc1)C(C)C. The van der Waals surface area contributed by atoms with Crippen LogP contribution in [-0.2, 0) is 38.8 Å². The molecular weight excluding hydrogens is 552 g/mol. The smallest absolute Gasteiger partial charge is 0.172 e. The van der Waals surface area contributed by atoms with E-state index in [9.17, 15) is 9.90 Å². The molecule has 0 bridgehead atoms. The van der Waals surface area contributed by atoms with E-state index in [4.69, 9.17) is 18.9 Å². The maximum atomic E-state index is 14.5. The molecule has 0 aliphatic rings. The number of carbonyl (C=O) groups excluding carboxylic acids is 1. The van der Waals surface area contributed by atoms with Gasteiger partial charge in [0.25, 0.3) is 0 Å². The molecule has 0 aliphatic heterocycles. The number of hydrogen-bond donors (Lipinski definition) is 1. The summed E-state index contributed by atoms with van der Waals surface area (Å²) in [6.45, 7) is 16.5. The largest absolute Gasteiger partial charge is 0.497 e. The molecule has 0 spiro atoms. The van der Waals surface area contributed by atoms with E-state index in [1.807, 2.05) is 98.8 Å². The highest BCUT2D eigenvalue weighted by molar-refractivity contribution is 5.90. The summed E-state index contributed by atoms with van der Waals surface area (Å²) in [7, 11) is 1.64. The Balaban J connectivity index is 1.83. The van der Waals surface area contributed by atoms with Gasteiger partial charge in [-0.2, -0.15) is 0 Å². The van der Waals surface area contributed by atoms with Crippen LogP contribution in [0.5, 0.6) is 5.75 Å². The molecule has 0 heterocycles. The van der Waals surface area contributed by atoms with E-state index in [-0.39, 0.29) is 36.9 Å². The number of benzene rings is 3. The van der Waals surface area contributed by atoms with Crippen molar-refractivity contribution in [2.24, 2.45) is 17.8 Å². The van der Waals surface area contributed by atoms with Crippen molar-refractivity contribution < 1.29 is 28.8 Å². The minimum absolute atomic E-state index is 0.110. The molecule has 238 valence electrons. The molecule has 3 rings (SSSR count). The van der Waals surface area contributed by atoms with Gasteiger partial charge in [-0.15, -0.1) is 0 Å². The van der Waals surface area contributed by atoms with Gasteiger partial charge in [0.1, 0.15) is 11.9 Å². The molecule has 0 aromatic heterocycles. The van der Waals surface area contributed by atoms with Crippen LogP contribution in [0.15, 0.2) is 97.1 Å². The second-order valence-electron chi connectivity index (χ2n) is 12.3. The van der Waals surface area contributed by atoms with Gasteiger partial charge in [0, 0.05) is 11.8 Å². The third kappa shape index (κ3) is 9.35. The maximum absolute atomic E-state index is 14.5. The van der Waals surface area contributed by atoms with E-state index in [0.29, 0.717) is 12.2 Å². The van der Waals surface area contributed by atoms with Gasteiger partial charge in [-0.05, 0) is 54.2 Å². The van der Waals surface area contributed by atoms with Crippen LogP contribution in [-0.4, -0.2) is 41.9 Å². The number of aliphatic hydroxyl groups is 1. The number of hydrogen-bond acceptors (Lipinski definition) is 6. The molecule has 0 fully saturated rings. The molecule has 1 N–H and O–H groups in total. The number of rotatable bonds is 18. The summed E-state index contributed by atoms with van der Waals surface area (Å²) in [5.41, 5.74) is 2.18. The monoisotopic (exact) mass is 602 g/mol. The molecule has 6 atom stereocenters. The minimum Gasteiger partial charge on any atom is -0.497 e. The van der Waals surface area contributed by atoms with Gasteiger partial charge in [0.2, 0.25) is 0 Å². The van der Waals surface area contributed by atoms with Crippen LogP contribution in [0.4, 0.5) is 0 Å². The first-order chi connectivity index (χ1) is 21.0. The third-order valence-electron chi connectivity index (χ3n) is 8.32. The number of aliphatic hydroxyl groups excluding tert-OH is 1. The lowest BCUT2D eigenvalue weighted by Crippen LogP contribution is -2.55. The summed E-state index contributed by atoms with van der Waals surface area (Å²) in [5.74, 6) is -0.453. The van der Waals surface area contributed by atoms with Crippen molar-refractivity contribution in [3.05, 3.63) is 114 Å². The molecular formula is C38H50O6. The van der Waals surface area contributed by atoms with E-state index in [0.717, 1.165) is 22.4 Å². The predicted molar refractivity (Wildman–Crippen MR) is 175 cm³/mol. The number of ether oxygens (including phenoxy) is 4.